The minimum Gasteiger partial charge on any atom is -0.481 e. The summed E-state index contributed by atoms with van der Waals surface area (Å²) in [4.78, 5) is 27.1. The van der Waals surface area contributed by atoms with Gasteiger partial charge in [0.05, 0.1) is 18.6 Å². The van der Waals surface area contributed by atoms with Gasteiger partial charge < -0.3 is 15.2 Å². The van der Waals surface area contributed by atoms with E-state index in [1.807, 2.05) is 20.8 Å². The van der Waals surface area contributed by atoms with Crippen molar-refractivity contribution >= 4 is 11.9 Å². The number of carbonyl (C=O) groups excluding carboxylic acids is 1. The number of ether oxygens (including phenoxy) is 1. The van der Waals surface area contributed by atoms with Gasteiger partial charge in [0.15, 0.2) is 0 Å². The van der Waals surface area contributed by atoms with Crippen LogP contribution >= 0.6 is 0 Å². The molecule has 0 fully saturated rings. The summed E-state index contributed by atoms with van der Waals surface area (Å²) >= 11 is 0. The number of methoxy groups -OCH3 is 1. The molecule has 0 spiro atoms. The van der Waals surface area contributed by atoms with Crippen molar-refractivity contribution in [3.8, 4) is 5.88 Å². The summed E-state index contributed by atoms with van der Waals surface area (Å²) in [5.41, 5.74) is 0.255. The number of rotatable bonds is 6. The summed E-state index contributed by atoms with van der Waals surface area (Å²) in [5, 5.41) is 11.8. The lowest BCUT2D eigenvalue weighted by molar-refractivity contribution is -0.142. The lowest BCUT2D eigenvalue weighted by atomic mass is 9.84. The van der Waals surface area contributed by atoms with E-state index in [1.54, 1.807) is 12.1 Å². The predicted molar refractivity (Wildman–Crippen MR) is 78.3 cm³/mol. The first-order valence-electron chi connectivity index (χ1n) is 6.74. The first-order valence-corrected chi connectivity index (χ1v) is 6.74. The van der Waals surface area contributed by atoms with Gasteiger partial charge in [-0.2, -0.15) is 0 Å². The lowest BCUT2D eigenvalue weighted by Gasteiger charge is -2.23. The summed E-state index contributed by atoms with van der Waals surface area (Å²) in [7, 11) is 1.49. The fraction of sp³-hybridized carbons (Fsp3) is 0.533. The molecule has 2 N–H and O–H groups in total. The largest absolute Gasteiger partial charge is 0.481 e. The average Bonchev–Trinajstić information content (AvgIpc) is 2.41. The van der Waals surface area contributed by atoms with E-state index in [0.29, 0.717) is 17.9 Å². The van der Waals surface area contributed by atoms with Crippen LogP contribution in [0.5, 0.6) is 5.88 Å². The number of nitrogens with one attached hydrogen (secondary N) is 1. The Kier molecular flexibility index (Phi) is 5.69. The van der Waals surface area contributed by atoms with Crippen molar-refractivity contribution in [2.75, 3.05) is 13.7 Å². The number of hydrogen-bond donors (Lipinski definition) is 2. The molecule has 0 saturated carbocycles. The van der Waals surface area contributed by atoms with Crippen LogP contribution in [0, 0.1) is 11.3 Å². The van der Waals surface area contributed by atoms with Gasteiger partial charge in [-0.3, -0.25) is 9.59 Å². The maximum atomic E-state index is 12.0. The number of carboxylic acids is 1. The highest BCUT2D eigenvalue weighted by Crippen LogP contribution is 2.24. The highest BCUT2D eigenvalue weighted by Gasteiger charge is 2.25. The fourth-order valence-electron chi connectivity index (χ4n) is 1.94. The minimum atomic E-state index is -0.905. The second-order valence-corrected chi connectivity index (χ2v) is 6.10. The minimum absolute atomic E-state index is 0.0947. The van der Waals surface area contributed by atoms with Gasteiger partial charge >= 0.3 is 5.97 Å². The lowest BCUT2D eigenvalue weighted by Crippen LogP contribution is -2.35. The summed E-state index contributed by atoms with van der Waals surface area (Å²) < 4.78 is 4.91. The van der Waals surface area contributed by atoms with Crippen LogP contribution in [0.3, 0.4) is 0 Å². The highest BCUT2D eigenvalue weighted by molar-refractivity contribution is 5.94. The zero-order chi connectivity index (χ0) is 16.0. The van der Waals surface area contributed by atoms with Gasteiger partial charge in [-0.05, 0) is 17.9 Å². The van der Waals surface area contributed by atoms with E-state index in [-0.39, 0.29) is 17.9 Å². The third-order valence-electron chi connectivity index (χ3n) is 2.92. The van der Waals surface area contributed by atoms with Crippen molar-refractivity contribution in [2.45, 2.75) is 27.2 Å². The topological polar surface area (TPSA) is 88.5 Å². The molecule has 0 aliphatic heterocycles. The molecule has 0 aliphatic carbocycles. The molecule has 0 bridgehead atoms. The van der Waals surface area contributed by atoms with E-state index in [0.717, 1.165) is 0 Å². The van der Waals surface area contributed by atoms with Crippen LogP contribution < -0.4 is 10.1 Å². The summed E-state index contributed by atoms with van der Waals surface area (Å²) in [6.07, 6.45) is 1.89. The molecule has 1 amide bonds. The average molecular weight is 294 g/mol. The standard InChI is InChI=1S/C15H22N2O4/c1-15(2,3)7-11(14(19)20)9-17-13(18)10-5-6-12(21-4)16-8-10/h5-6,8,11H,7,9H2,1-4H3,(H,17,18)(H,19,20). The van der Waals surface area contributed by atoms with E-state index < -0.39 is 11.9 Å². The van der Waals surface area contributed by atoms with Gasteiger partial charge in [-0.15, -0.1) is 0 Å². The smallest absolute Gasteiger partial charge is 0.308 e. The molecule has 116 valence electrons. The molecule has 1 atom stereocenters. The molecule has 1 rings (SSSR count). The maximum Gasteiger partial charge on any atom is 0.308 e. The normalized spacial score (nSPS) is 12.6. The Hall–Kier alpha value is -2.11. The molecule has 0 saturated heterocycles. The number of aliphatic carboxylic acids is 1. The molecule has 1 aromatic rings. The number of carbonyl (C=O) groups is 2. The summed E-state index contributed by atoms with van der Waals surface area (Å²) in [6.45, 7) is 6.01. The van der Waals surface area contributed by atoms with E-state index >= 15 is 0 Å². The van der Waals surface area contributed by atoms with E-state index in [4.69, 9.17) is 4.74 Å². The Morgan fingerprint density at radius 2 is 2.05 bits per heavy atom. The second kappa shape index (κ2) is 7.06. The monoisotopic (exact) mass is 294 g/mol. The van der Waals surface area contributed by atoms with Crippen LogP contribution in [0.4, 0.5) is 0 Å². The van der Waals surface area contributed by atoms with E-state index in [9.17, 15) is 14.7 Å². The number of hydrogen-bond acceptors (Lipinski definition) is 4. The van der Waals surface area contributed by atoms with Crippen LogP contribution in [0.1, 0.15) is 37.6 Å². The van der Waals surface area contributed by atoms with Gasteiger partial charge in [0.1, 0.15) is 0 Å². The number of carboxylic acid groups (broad SMARTS) is 1. The van der Waals surface area contributed by atoms with Gasteiger partial charge in [-0.1, -0.05) is 20.8 Å². The molecule has 6 nitrogen and oxygen atoms in total. The zero-order valence-electron chi connectivity index (χ0n) is 12.8. The van der Waals surface area contributed by atoms with Crippen molar-refractivity contribution in [3.63, 3.8) is 0 Å². The predicted octanol–water partition coefficient (Wildman–Crippen LogP) is 1.96. The van der Waals surface area contributed by atoms with Crippen LogP contribution in [0.25, 0.3) is 0 Å². The first kappa shape index (κ1) is 16.9. The SMILES string of the molecule is COc1ccc(C(=O)NCC(CC(C)(C)C)C(=O)O)cn1. The molecule has 21 heavy (non-hydrogen) atoms. The van der Waals surface area contributed by atoms with E-state index in [2.05, 4.69) is 10.3 Å². The summed E-state index contributed by atoms with van der Waals surface area (Å²) in [6, 6.07) is 3.17. The molecule has 0 radical (unpaired) electrons. The number of amides is 1. The van der Waals surface area contributed by atoms with Crippen molar-refractivity contribution in [3.05, 3.63) is 23.9 Å². The third-order valence-corrected chi connectivity index (χ3v) is 2.92. The Balaban J connectivity index is 2.62. The van der Waals surface area contributed by atoms with Gasteiger partial charge in [-0.25, -0.2) is 4.98 Å². The van der Waals surface area contributed by atoms with E-state index in [1.165, 1.54) is 13.3 Å². The third kappa shape index (κ3) is 5.81. The van der Waals surface area contributed by atoms with Crippen molar-refractivity contribution in [2.24, 2.45) is 11.3 Å². The van der Waals surface area contributed by atoms with Crippen molar-refractivity contribution < 1.29 is 19.4 Å². The number of pyridine rings is 1. The van der Waals surface area contributed by atoms with Gasteiger partial charge in [0, 0.05) is 18.8 Å². The maximum absolute atomic E-state index is 12.0. The molecular weight excluding hydrogens is 272 g/mol. The first-order chi connectivity index (χ1) is 9.73. The summed E-state index contributed by atoms with van der Waals surface area (Å²) in [5.74, 6) is -1.44. The van der Waals surface area contributed by atoms with Crippen LogP contribution in [0.2, 0.25) is 0 Å². The van der Waals surface area contributed by atoms with Crippen molar-refractivity contribution in [1.29, 1.82) is 0 Å². The second-order valence-electron chi connectivity index (χ2n) is 6.10. The van der Waals surface area contributed by atoms with Gasteiger partial charge in [0.25, 0.3) is 5.91 Å². The molecule has 0 aromatic carbocycles. The van der Waals surface area contributed by atoms with Crippen molar-refractivity contribution in [1.82, 2.24) is 10.3 Å². The Morgan fingerprint density at radius 3 is 2.48 bits per heavy atom. The fourth-order valence-corrected chi connectivity index (χ4v) is 1.94. The number of nitrogens with zero attached hydrogens (tertiary/aromatic N) is 1. The molecular formula is C15H22N2O4. The molecule has 0 aliphatic rings. The van der Waals surface area contributed by atoms with Crippen LogP contribution in [-0.2, 0) is 4.79 Å². The van der Waals surface area contributed by atoms with Crippen LogP contribution in [0.15, 0.2) is 18.3 Å². The zero-order valence-corrected chi connectivity index (χ0v) is 12.8. The molecule has 1 unspecified atom stereocenters. The molecule has 1 heterocycles. The Labute approximate surface area is 124 Å². The Bertz CT molecular complexity index is 491. The van der Waals surface area contributed by atoms with Crippen LogP contribution in [-0.4, -0.2) is 35.6 Å². The molecule has 1 aromatic heterocycles. The molecule has 6 heteroatoms. The number of aromatic nitrogens is 1. The highest BCUT2D eigenvalue weighted by atomic mass is 16.5. The van der Waals surface area contributed by atoms with Gasteiger partial charge in [0.2, 0.25) is 5.88 Å². The quantitative estimate of drug-likeness (QED) is 0.837. The Morgan fingerprint density at radius 1 is 1.38 bits per heavy atom.